The molecule has 18 rings (SSSR count). The highest BCUT2D eigenvalue weighted by Gasteiger charge is 2.43. The van der Waals surface area contributed by atoms with Crippen LogP contribution >= 0.6 is 0 Å². The summed E-state index contributed by atoms with van der Waals surface area (Å²) in [7, 11) is 0. The molecule has 4 aliphatic carbocycles. The van der Waals surface area contributed by atoms with Crippen molar-refractivity contribution in [3.05, 3.63) is 214 Å². The Morgan fingerprint density at radius 2 is 0.662 bits per heavy atom. The van der Waals surface area contributed by atoms with E-state index in [9.17, 15) is 0 Å². The Hall–Kier alpha value is -8.20. The van der Waals surface area contributed by atoms with Crippen LogP contribution < -0.4 is 0 Å². The highest BCUT2D eigenvalue weighted by atomic mass is 14.9. The van der Waals surface area contributed by atoms with Crippen molar-refractivity contribution >= 4 is 76.2 Å². The number of hydrogen-bond acceptors (Lipinski definition) is 0. The predicted molar refractivity (Wildman–Crippen MR) is 311 cm³/mol. The van der Waals surface area contributed by atoms with E-state index in [1.165, 1.54) is 176 Å². The number of hydrogen-bond donors (Lipinski definition) is 0. The minimum Gasteiger partial charge on any atom is -0.308 e. The van der Waals surface area contributed by atoms with E-state index in [-0.39, 0.29) is 21.7 Å². The average molecular weight is 945 g/mol. The molecule has 0 unspecified atom stereocenters. The lowest BCUT2D eigenvalue weighted by Gasteiger charge is -2.26. The SMILES string of the molecule is CC1(C)c2ccccc2-c2cc3c(cc21)c1cccc2c4cc5c(cc4n3c12)-c1cccc(-c2ccc3c(c2)C(C)(C)c2c-3ccc3c2c2cccc4c6c7c(ccc6n3c42)-c2ccccc2C7(C)C)c1C5(C)C. The van der Waals surface area contributed by atoms with Crippen molar-refractivity contribution in [1.82, 2.24) is 8.80 Å². The molecule has 350 valence electrons. The zero-order chi connectivity index (χ0) is 49.4. The molecular formula is C72H52N2. The molecule has 0 atom stereocenters. The first-order chi connectivity index (χ1) is 35.8. The Morgan fingerprint density at radius 3 is 1.30 bits per heavy atom. The molecule has 0 aliphatic heterocycles. The molecule has 14 aromatic rings. The van der Waals surface area contributed by atoms with Crippen LogP contribution in [-0.2, 0) is 21.7 Å². The van der Waals surface area contributed by atoms with Crippen LogP contribution in [0.2, 0.25) is 0 Å². The van der Waals surface area contributed by atoms with Crippen molar-refractivity contribution in [2.45, 2.75) is 77.0 Å². The second kappa shape index (κ2) is 12.4. The molecule has 0 N–H and O–H groups in total. The molecule has 4 heterocycles. The van der Waals surface area contributed by atoms with Gasteiger partial charge in [0.25, 0.3) is 0 Å². The van der Waals surface area contributed by atoms with E-state index >= 15 is 0 Å². The van der Waals surface area contributed by atoms with Gasteiger partial charge in [0.15, 0.2) is 0 Å². The van der Waals surface area contributed by atoms with E-state index in [1.807, 2.05) is 0 Å². The summed E-state index contributed by atoms with van der Waals surface area (Å²) in [5, 5.41) is 10.9. The number of nitrogens with zero attached hydrogens (tertiary/aromatic N) is 2. The Labute approximate surface area is 429 Å². The molecule has 0 saturated carbocycles. The van der Waals surface area contributed by atoms with Gasteiger partial charge in [-0.05, 0) is 143 Å². The smallest absolute Gasteiger partial charge is 0.0620 e. The van der Waals surface area contributed by atoms with Crippen LogP contribution in [0.5, 0.6) is 0 Å². The van der Waals surface area contributed by atoms with Gasteiger partial charge in [-0.25, -0.2) is 0 Å². The van der Waals surface area contributed by atoms with Gasteiger partial charge in [0.1, 0.15) is 0 Å². The third-order valence-corrected chi connectivity index (χ3v) is 19.9. The second-order valence-electron chi connectivity index (χ2n) is 24.7. The zero-order valence-corrected chi connectivity index (χ0v) is 43.1. The fourth-order valence-corrected chi connectivity index (χ4v) is 16.7. The van der Waals surface area contributed by atoms with Gasteiger partial charge < -0.3 is 8.80 Å². The van der Waals surface area contributed by atoms with Crippen LogP contribution in [0.3, 0.4) is 0 Å². The first kappa shape index (κ1) is 40.3. The number of fused-ring (bicyclic) bond motifs is 26. The standard InChI is InChI=1S/C72H52N2/c1-69(2)53-24-11-10-17-40(53)49-35-60-51(33-56(49)69)45-20-14-21-46-52-34-57-50(36-61(52)74(60)67(45)46)42-19-13-18-38(64(42)71(57,5)6)37-26-27-41-44-29-31-59-63(66(44)72(7,8)55(41)32-37)48-23-15-22-47-62-58(73(59)68(47)48)30-28-43-39-16-9-12-25-54(39)70(3,4)65(43)62/h9-36H,1-8H3. The van der Waals surface area contributed by atoms with E-state index in [0.29, 0.717) is 0 Å². The lowest BCUT2D eigenvalue weighted by atomic mass is 9.77. The molecule has 0 spiro atoms. The largest absolute Gasteiger partial charge is 0.308 e. The molecular weight excluding hydrogens is 893 g/mol. The molecule has 0 amide bonds. The van der Waals surface area contributed by atoms with E-state index in [0.717, 1.165) is 0 Å². The van der Waals surface area contributed by atoms with Crippen molar-refractivity contribution in [3.8, 4) is 55.6 Å². The minimum absolute atomic E-state index is 0.0497. The van der Waals surface area contributed by atoms with Gasteiger partial charge in [0.05, 0.1) is 33.1 Å². The van der Waals surface area contributed by atoms with Crippen LogP contribution in [0.1, 0.15) is 99.9 Å². The van der Waals surface area contributed by atoms with Crippen LogP contribution in [0.4, 0.5) is 0 Å². The lowest BCUT2D eigenvalue weighted by Crippen LogP contribution is -2.17. The maximum absolute atomic E-state index is 2.61. The van der Waals surface area contributed by atoms with E-state index in [2.05, 4.69) is 234 Å². The molecule has 2 nitrogen and oxygen atoms in total. The fourth-order valence-electron chi connectivity index (χ4n) is 16.7. The Kier molecular flexibility index (Phi) is 6.76. The van der Waals surface area contributed by atoms with Crippen molar-refractivity contribution in [1.29, 1.82) is 0 Å². The monoisotopic (exact) mass is 944 g/mol. The highest BCUT2D eigenvalue weighted by Crippen LogP contribution is 2.60. The Morgan fingerprint density at radius 1 is 0.257 bits per heavy atom. The molecule has 4 aromatic heterocycles. The van der Waals surface area contributed by atoms with Gasteiger partial charge in [0, 0.05) is 64.7 Å². The molecule has 0 radical (unpaired) electrons. The molecule has 10 aromatic carbocycles. The molecule has 0 bridgehead atoms. The van der Waals surface area contributed by atoms with Gasteiger partial charge >= 0.3 is 0 Å². The predicted octanol–water partition coefficient (Wildman–Crippen LogP) is 18.9. The van der Waals surface area contributed by atoms with Crippen molar-refractivity contribution < 1.29 is 0 Å². The summed E-state index contributed by atoms with van der Waals surface area (Å²) >= 11 is 0. The first-order valence-corrected chi connectivity index (χ1v) is 26.8. The summed E-state index contributed by atoms with van der Waals surface area (Å²) in [6.07, 6.45) is 0. The summed E-state index contributed by atoms with van der Waals surface area (Å²) in [6.45, 7) is 19.5. The van der Waals surface area contributed by atoms with Gasteiger partial charge in [-0.1, -0.05) is 183 Å². The Balaban J connectivity index is 0.803. The molecule has 4 aliphatic rings. The maximum Gasteiger partial charge on any atom is 0.0620 e. The topological polar surface area (TPSA) is 8.82 Å². The molecule has 74 heavy (non-hydrogen) atoms. The first-order valence-electron chi connectivity index (χ1n) is 26.8. The highest BCUT2D eigenvalue weighted by molar-refractivity contribution is 6.27. The third-order valence-electron chi connectivity index (χ3n) is 19.9. The van der Waals surface area contributed by atoms with Gasteiger partial charge in [-0.15, -0.1) is 0 Å². The van der Waals surface area contributed by atoms with Gasteiger partial charge in [0.2, 0.25) is 0 Å². The molecule has 2 heteroatoms. The number of aromatic nitrogens is 2. The fraction of sp³-hybridized carbons (Fsp3) is 0.167. The van der Waals surface area contributed by atoms with E-state index in [1.54, 1.807) is 0 Å². The lowest BCUT2D eigenvalue weighted by molar-refractivity contribution is 0.661. The number of para-hydroxylation sites is 2. The minimum atomic E-state index is -0.230. The van der Waals surface area contributed by atoms with Gasteiger partial charge in [-0.2, -0.15) is 0 Å². The van der Waals surface area contributed by atoms with Crippen molar-refractivity contribution in [2.24, 2.45) is 0 Å². The Bertz CT molecular complexity index is 5000. The van der Waals surface area contributed by atoms with Crippen molar-refractivity contribution in [2.75, 3.05) is 0 Å². The summed E-state index contributed by atoms with van der Waals surface area (Å²) in [4.78, 5) is 0. The average Bonchev–Trinajstić information content (AvgIpc) is 4.29. The maximum atomic E-state index is 2.61. The van der Waals surface area contributed by atoms with Crippen molar-refractivity contribution in [3.63, 3.8) is 0 Å². The quantitative estimate of drug-likeness (QED) is 0.155. The molecule has 0 saturated heterocycles. The zero-order valence-electron chi connectivity index (χ0n) is 43.1. The number of benzene rings is 10. The normalized spacial score (nSPS) is 16.8. The van der Waals surface area contributed by atoms with E-state index in [4.69, 9.17) is 0 Å². The van der Waals surface area contributed by atoms with Gasteiger partial charge in [-0.3, -0.25) is 0 Å². The molecule has 0 fully saturated rings. The second-order valence-corrected chi connectivity index (χ2v) is 24.7. The van der Waals surface area contributed by atoms with Crippen LogP contribution in [0, 0.1) is 0 Å². The third kappa shape index (κ3) is 4.27. The summed E-state index contributed by atoms with van der Waals surface area (Å²) in [6, 6.07) is 66.4. The van der Waals surface area contributed by atoms with Crippen LogP contribution in [0.15, 0.2) is 170 Å². The van der Waals surface area contributed by atoms with E-state index < -0.39 is 0 Å². The summed E-state index contributed by atoms with van der Waals surface area (Å²) in [5.74, 6) is 0. The number of rotatable bonds is 1. The summed E-state index contributed by atoms with van der Waals surface area (Å²) < 4.78 is 5.20. The summed E-state index contributed by atoms with van der Waals surface area (Å²) in [5.41, 5.74) is 32.3. The van der Waals surface area contributed by atoms with Crippen LogP contribution in [0.25, 0.3) is 132 Å². The van der Waals surface area contributed by atoms with Crippen LogP contribution in [-0.4, -0.2) is 8.80 Å².